The lowest BCUT2D eigenvalue weighted by atomic mass is 9.98. The Balaban J connectivity index is 2.08. The summed E-state index contributed by atoms with van der Waals surface area (Å²) in [6.45, 7) is 10.2. The van der Waals surface area contributed by atoms with E-state index in [0.717, 1.165) is 19.6 Å². The number of piperazine rings is 1. The summed E-state index contributed by atoms with van der Waals surface area (Å²) in [6.07, 6.45) is 0. The largest absolute Gasteiger partial charge is 0.311 e. The maximum atomic E-state index is 3.59. The van der Waals surface area contributed by atoms with Gasteiger partial charge in [0, 0.05) is 36.2 Å². The Morgan fingerprint density at radius 1 is 1.44 bits per heavy atom. The van der Waals surface area contributed by atoms with E-state index in [1.54, 1.807) is 0 Å². The molecule has 1 aliphatic heterocycles. The van der Waals surface area contributed by atoms with E-state index in [1.165, 1.54) is 10.0 Å². The van der Waals surface area contributed by atoms with Gasteiger partial charge in [0.05, 0.1) is 0 Å². The summed E-state index contributed by atoms with van der Waals surface area (Å²) in [6, 6.07) is 9.88. The van der Waals surface area contributed by atoms with Crippen LogP contribution >= 0.6 is 15.9 Å². The van der Waals surface area contributed by atoms with Crippen LogP contribution in [0.15, 0.2) is 28.7 Å². The molecule has 2 unspecified atom stereocenters. The van der Waals surface area contributed by atoms with Gasteiger partial charge in [-0.25, -0.2) is 0 Å². The monoisotopic (exact) mass is 310 g/mol. The lowest BCUT2D eigenvalue weighted by Gasteiger charge is -2.41. The summed E-state index contributed by atoms with van der Waals surface area (Å²) >= 11 is 3.55. The van der Waals surface area contributed by atoms with Gasteiger partial charge in [-0.2, -0.15) is 0 Å². The van der Waals surface area contributed by atoms with E-state index in [-0.39, 0.29) is 0 Å². The van der Waals surface area contributed by atoms with Gasteiger partial charge in [0.15, 0.2) is 0 Å². The molecular formula is C15H23BrN2. The Bertz CT molecular complexity index is 392. The van der Waals surface area contributed by atoms with Gasteiger partial charge in [-0.3, -0.25) is 4.90 Å². The molecule has 0 aliphatic carbocycles. The van der Waals surface area contributed by atoms with Crippen LogP contribution in [0, 0.1) is 5.92 Å². The lowest BCUT2D eigenvalue weighted by Crippen LogP contribution is -2.56. The number of halogens is 1. The molecule has 2 atom stereocenters. The summed E-state index contributed by atoms with van der Waals surface area (Å²) < 4.78 is 1.17. The first-order chi connectivity index (χ1) is 8.56. The van der Waals surface area contributed by atoms with E-state index in [4.69, 9.17) is 0 Å². The van der Waals surface area contributed by atoms with Gasteiger partial charge in [0.25, 0.3) is 0 Å². The van der Waals surface area contributed by atoms with Crippen molar-refractivity contribution < 1.29 is 0 Å². The molecule has 1 aromatic rings. The molecule has 2 rings (SSSR count). The van der Waals surface area contributed by atoms with Crippen molar-refractivity contribution in [2.75, 3.05) is 13.1 Å². The summed E-state index contributed by atoms with van der Waals surface area (Å²) in [5.41, 5.74) is 1.39. The third kappa shape index (κ3) is 3.56. The van der Waals surface area contributed by atoms with Gasteiger partial charge in [-0.1, -0.05) is 41.9 Å². The molecule has 0 aromatic heterocycles. The van der Waals surface area contributed by atoms with Crippen molar-refractivity contribution in [3.8, 4) is 0 Å². The third-order valence-corrected chi connectivity index (χ3v) is 4.19. The smallest absolute Gasteiger partial charge is 0.0247 e. The van der Waals surface area contributed by atoms with E-state index in [1.807, 2.05) is 0 Å². The topological polar surface area (TPSA) is 15.3 Å². The molecule has 1 N–H and O–H groups in total. The first kappa shape index (κ1) is 14.0. The normalized spacial score (nSPS) is 25.6. The zero-order valence-corrected chi connectivity index (χ0v) is 13.1. The summed E-state index contributed by atoms with van der Waals surface area (Å²) in [5.74, 6) is 0.692. The second-order valence-electron chi connectivity index (χ2n) is 5.68. The fourth-order valence-corrected chi connectivity index (χ4v) is 3.16. The Morgan fingerprint density at radius 2 is 2.22 bits per heavy atom. The Kier molecular flexibility index (Phi) is 4.82. The van der Waals surface area contributed by atoms with Crippen LogP contribution in [0.3, 0.4) is 0 Å². The van der Waals surface area contributed by atoms with Crippen molar-refractivity contribution in [3.63, 3.8) is 0 Å². The second kappa shape index (κ2) is 6.18. The number of nitrogens with one attached hydrogen (secondary N) is 1. The molecule has 1 fully saturated rings. The SMILES string of the molecule is CC1CN(Cc2cccc(Br)c2)C(C(C)C)CN1. The lowest BCUT2D eigenvalue weighted by molar-refractivity contribution is 0.0956. The highest BCUT2D eigenvalue weighted by Crippen LogP contribution is 2.20. The van der Waals surface area contributed by atoms with Crippen molar-refractivity contribution in [2.45, 2.75) is 39.4 Å². The summed E-state index contributed by atoms with van der Waals surface area (Å²) in [7, 11) is 0. The van der Waals surface area contributed by atoms with Crippen LogP contribution in [0.25, 0.3) is 0 Å². The van der Waals surface area contributed by atoms with Gasteiger partial charge >= 0.3 is 0 Å². The number of hydrogen-bond donors (Lipinski definition) is 1. The van der Waals surface area contributed by atoms with E-state index >= 15 is 0 Å². The molecule has 0 bridgehead atoms. The first-order valence-corrected chi connectivity index (χ1v) is 7.57. The van der Waals surface area contributed by atoms with Crippen LogP contribution in [0.5, 0.6) is 0 Å². The molecule has 0 spiro atoms. The van der Waals surface area contributed by atoms with E-state index in [0.29, 0.717) is 18.0 Å². The molecule has 18 heavy (non-hydrogen) atoms. The fourth-order valence-electron chi connectivity index (χ4n) is 2.71. The summed E-state index contributed by atoms with van der Waals surface area (Å²) in [5, 5.41) is 3.59. The molecule has 1 aliphatic rings. The number of benzene rings is 1. The Morgan fingerprint density at radius 3 is 2.89 bits per heavy atom. The van der Waals surface area contributed by atoms with Crippen molar-refractivity contribution in [3.05, 3.63) is 34.3 Å². The second-order valence-corrected chi connectivity index (χ2v) is 6.60. The predicted octanol–water partition coefficient (Wildman–Crippen LogP) is 3.27. The van der Waals surface area contributed by atoms with Crippen LogP contribution in [-0.2, 0) is 6.54 Å². The van der Waals surface area contributed by atoms with E-state index in [9.17, 15) is 0 Å². The van der Waals surface area contributed by atoms with Crippen molar-refractivity contribution in [1.82, 2.24) is 10.2 Å². The number of nitrogens with zero attached hydrogens (tertiary/aromatic N) is 1. The number of hydrogen-bond acceptors (Lipinski definition) is 2. The molecule has 0 radical (unpaired) electrons. The van der Waals surface area contributed by atoms with E-state index < -0.39 is 0 Å². The maximum Gasteiger partial charge on any atom is 0.0247 e. The standard InChI is InChI=1S/C15H23BrN2/c1-11(2)15-8-17-12(3)9-18(15)10-13-5-4-6-14(16)7-13/h4-7,11-12,15,17H,8-10H2,1-3H3. The van der Waals surface area contributed by atoms with Crippen LogP contribution in [0.2, 0.25) is 0 Å². The minimum Gasteiger partial charge on any atom is -0.311 e. The predicted molar refractivity (Wildman–Crippen MR) is 80.6 cm³/mol. The van der Waals surface area contributed by atoms with E-state index in [2.05, 4.69) is 71.2 Å². The maximum absolute atomic E-state index is 3.59. The average Bonchev–Trinajstić information content (AvgIpc) is 2.28. The Hall–Kier alpha value is -0.380. The minimum atomic E-state index is 0.590. The quantitative estimate of drug-likeness (QED) is 0.922. The van der Waals surface area contributed by atoms with Crippen LogP contribution in [0.4, 0.5) is 0 Å². The third-order valence-electron chi connectivity index (χ3n) is 3.70. The molecule has 1 heterocycles. The Labute approximate surface area is 119 Å². The molecule has 0 amide bonds. The van der Waals surface area contributed by atoms with Gasteiger partial charge in [-0.15, -0.1) is 0 Å². The van der Waals surface area contributed by atoms with Gasteiger partial charge in [0.2, 0.25) is 0 Å². The minimum absolute atomic E-state index is 0.590. The highest BCUT2D eigenvalue weighted by atomic mass is 79.9. The fraction of sp³-hybridized carbons (Fsp3) is 0.600. The molecule has 1 aromatic carbocycles. The van der Waals surface area contributed by atoms with Crippen molar-refractivity contribution in [1.29, 1.82) is 0 Å². The molecule has 0 saturated carbocycles. The zero-order chi connectivity index (χ0) is 13.1. The molecule has 3 heteroatoms. The van der Waals surface area contributed by atoms with Crippen molar-refractivity contribution >= 4 is 15.9 Å². The summed E-state index contributed by atoms with van der Waals surface area (Å²) in [4.78, 5) is 2.62. The first-order valence-electron chi connectivity index (χ1n) is 6.78. The zero-order valence-electron chi connectivity index (χ0n) is 11.5. The van der Waals surface area contributed by atoms with Crippen LogP contribution in [-0.4, -0.2) is 30.1 Å². The molecule has 1 saturated heterocycles. The van der Waals surface area contributed by atoms with Gasteiger partial charge in [-0.05, 0) is 30.5 Å². The van der Waals surface area contributed by atoms with Gasteiger partial charge in [0.1, 0.15) is 0 Å². The van der Waals surface area contributed by atoms with Crippen molar-refractivity contribution in [2.24, 2.45) is 5.92 Å². The highest BCUT2D eigenvalue weighted by Gasteiger charge is 2.27. The highest BCUT2D eigenvalue weighted by molar-refractivity contribution is 9.10. The number of rotatable bonds is 3. The molecule has 100 valence electrons. The molecule has 2 nitrogen and oxygen atoms in total. The van der Waals surface area contributed by atoms with Gasteiger partial charge < -0.3 is 5.32 Å². The van der Waals surface area contributed by atoms with Crippen LogP contribution < -0.4 is 5.32 Å². The van der Waals surface area contributed by atoms with Crippen LogP contribution in [0.1, 0.15) is 26.3 Å². The average molecular weight is 311 g/mol. The molecular weight excluding hydrogens is 288 g/mol.